The molecule has 0 saturated carbocycles. The number of nitrogens with zero attached hydrogens (tertiary/aromatic N) is 2. The third-order valence-corrected chi connectivity index (χ3v) is 4.43. The Morgan fingerprint density at radius 3 is 3.00 bits per heavy atom. The van der Waals surface area contributed by atoms with Crippen molar-refractivity contribution in [3.8, 4) is 10.6 Å². The molecule has 0 saturated heterocycles. The predicted molar refractivity (Wildman–Crippen MR) is 69.9 cm³/mol. The van der Waals surface area contributed by atoms with E-state index in [4.69, 9.17) is 10.7 Å². The fourth-order valence-electron chi connectivity index (χ4n) is 2.17. The average Bonchev–Trinajstić information content (AvgIpc) is 2.75. The van der Waals surface area contributed by atoms with Crippen LogP contribution in [0.3, 0.4) is 0 Å². The lowest BCUT2D eigenvalue weighted by Crippen LogP contribution is -2.15. The fourth-order valence-corrected chi connectivity index (χ4v) is 3.31. The predicted octanol–water partition coefficient (Wildman–Crippen LogP) is 2.85. The average molecular weight is 245 g/mol. The third-order valence-electron chi connectivity index (χ3n) is 3.15. The number of fused-ring (bicyclic) bond motifs is 1. The minimum absolute atomic E-state index is 0.184. The van der Waals surface area contributed by atoms with Crippen LogP contribution in [0.2, 0.25) is 0 Å². The van der Waals surface area contributed by atoms with Gasteiger partial charge in [-0.2, -0.15) is 0 Å². The zero-order valence-electron chi connectivity index (χ0n) is 9.81. The normalized spacial score (nSPS) is 19.1. The van der Waals surface area contributed by atoms with Gasteiger partial charge in [0.15, 0.2) is 0 Å². The van der Waals surface area contributed by atoms with Crippen LogP contribution in [0.15, 0.2) is 18.3 Å². The molecule has 0 bridgehead atoms. The van der Waals surface area contributed by atoms with Gasteiger partial charge in [-0.05, 0) is 38.3 Å². The maximum Gasteiger partial charge on any atom is 0.125 e. The topological polar surface area (TPSA) is 51.8 Å². The minimum Gasteiger partial charge on any atom is -0.323 e. The van der Waals surface area contributed by atoms with Crippen LogP contribution in [0.25, 0.3) is 10.6 Å². The first kappa shape index (κ1) is 10.9. The highest BCUT2D eigenvalue weighted by molar-refractivity contribution is 7.15. The second kappa shape index (κ2) is 4.20. The Kier molecular flexibility index (Phi) is 2.68. The molecule has 0 spiro atoms. The van der Waals surface area contributed by atoms with E-state index in [2.05, 4.69) is 11.1 Å². The molecule has 0 amide bonds. The molecule has 0 fully saturated rings. The molecular weight excluding hydrogens is 230 g/mol. The third kappa shape index (κ3) is 1.98. The summed E-state index contributed by atoms with van der Waals surface area (Å²) in [6.45, 7) is 1.99. The Balaban J connectivity index is 2.02. The number of pyridine rings is 1. The van der Waals surface area contributed by atoms with Gasteiger partial charge in [0.25, 0.3) is 0 Å². The smallest absolute Gasteiger partial charge is 0.125 e. The van der Waals surface area contributed by atoms with Crippen molar-refractivity contribution < 1.29 is 0 Å². The molecular formula is C13H15N3S. The summed E-state index contributed by atoms with van der Waals surface area (Å²) < 4.78 is 0. The summed E-state index contributed by atoms with van der Waals surface area (Å²) in [6.07, 6.45) is 5.20. The van der Waals surface area contributed by atoms with Gasteiger partial charge in [-0.1, -0.05) is 0 Å². The van der Waals surface area contributed by atoms with Gasteiger partial charge >= 0.3 is 0 Å². The Labute approximate surface area is 105 Å². The molecule has 2 aromatic rings. The van der Waals surface area contributed by atoms with E-state index in [0.717, 1.165) is 35.5 Å². The van der Waals surface area contributed by atoms with Gasteiger partial charge in [0.1, 0.15) is 5.01 Å². The standard InChI is InChI=1S/C13H15N3S/c1-8-5-6-9(7-15-8)13-16-11-4-2-3-10(14)12(11)17-13/h5-7,10H,2-4,14H2,1H3. The number of nitrogens with two attached hydrogens (primary N) is 1. The minimum atomic E-state index is 0.184. The monoisotopic (exact) mass is 245 g/mol. The molecule has 0 aromatic carbocycles. The molecule has 2 N–H and O–H groups in total. The molecule has 17 heavy (non-hydrogen) atoms. The van der Waals surface area contributed by atoms with Crippen molar-refractivity contribution in [2.45, 2.75) is 32.2 Å². The summed E-state index contributed by atoms with van der Waals surface area (Å²) in [5.41, 5.74) is 9.45. The van der Waals surface area contributed by atoms with Gasteiger partial charge in [-0.15, -0.1) is 11.3 Å². The van der Waals surface area contributed by atoms with Gasteiger partial charge in [0.2, 0.25) is 0 Å². The van der Waals surface area contributed by atoms with Gasteiger partial charge < -0.3 is 5.73 Å². The highest BCUT2D eigenvalue weighted by Gasteiger charge is 2.22. The number of hydrogen-bond acceptors (Lipinski definition) is 4. The lowest BCUT2D eigenvalue weighted by atomic mass is 9.99. The summed E-state index contributed by atoms with van der Waals surface area (Å²) in [4.78, 5) is 10.3. The largest absolute Gasteiger partial charge is 0.323 e. The molecule has 3 rings (SSSR count). The van der Waals surface area contributed by atoms with E-state index in [1.165, 1.54) is 10.6 Å². The van der Waals surface area contributed by atoms with Gasteiger partial charge in [-0.25, -0.2) is 4.98 Å². The molecule has 3 nitrogen and oxygen atoms in total. The molecule has 1 aliphatic carbocycles. The highest BCUT2D eigenvalue weighted by Crippen LogP contribution is 2.36. The maximum atomic E-state index is 6.12. The van der Waals surface area contributed by atoms with Crippen LogP contribution in [-0.4, -0.2) is 9.97 Å². The number of thiazole rings is 1. The summed E-state index contributed by atoms with van der Waals surface area (Å²) in [5, 5.41) is 1.06. The van der Waals surface area contributed by atoms with Crippen molar-refractivity contribution in [3.63, 3.8) is 0 Å². The second-order valence-electron chi connectivity index (χ2n) is 4.52. The summed E-state index contributed by atoms with van der Waals surface area (Å²) >= 11 is 1.73. The zero-order valence-corrected chi connectivity index (χ0v) is 10.6. The molecule has 88 valence electrons. The molecule has 2 heterocycles. The van der Waals surface area contributed by atoms with Crippen molar-refractivity contribution >= 4 is 11.3 Å². The number of aromatic nitrogens is 2. The molecule has 2 aromatic heterocycles. The molecule has 1 aliphatic rings. The molecule has 1 atom stereocenters. The van der Waals surface area contributed by atoms with E-state index in [0.29, 0.717) is 0 Å². The van der Waals surface area contributed by atoms with Crippen LogP contribution < -0.4 is 5.73 Å². The van der Waals surface area contributed by atoms with Crippen molar-refractivity contribution in [2.24, 2.45) is 5.73 Å². The van der Waals surface area contributed by atoms with E-state index < -0.39 is 0 Å². The van der Waals surface area contributed by atoms with Crippen LogP contribution >= 0.6 is 11.3 Å². The Morgan fingerprint density at radius 2 is 2.29 bits per heavy atom. The van der Waals surface area contributed by atoms with Crippen LogP contribution in [0.5, 0.6) is 0 Å². The Morgan fingerprint density at radius 1 is 1.41 bits per heavy atom. The van der Waals surface area contributed by atoms with E-state index in [-0.39, 0.29) is 6.04 Å². The van der Waals surface area contributed by atoms with E-state index in [1.807, 2.05) is 19.2 Å². The fraction of sp³-hybridized carbons (Fsp3) is 0.385. The van der Waals surface area contributed by atoms with E-state index in [9.17, 15) is 0 Å². The summed E-state index contributed by atoms with van der Waals surface area (Å²) in [7, 11) is 0. The van der Waals surface area contributed by atoms with E-state index in [1.54, 1.807) is 11.3 Å². The SMILES string of the molecule is Cc1ccc(-c2nc3c(s2)C(N)CCC3)cn1. The zero-order chi connectivity index (χ0) is 11.8. The lowest BCUT2D eigenvalue weighted by Gasteiger charge is -2.15. The first-order valence-electron chi connectivity index (χ1n) is 5.92. The van der Waals surface area contributed by atoms with Crippen molar-refractivity contribution in [1.29, 1.82) is 0 Å². The first-order valence-corrected chi connectivity index (χ1v) is 6.74. The molecule has 0 radical (unpaired) electrons. The number of aryl methyl sites for hydroxylation is 2. The van der Waals surface area contributed by atoms with Crippen LogP contribution in [-0.2, 0) is 6.42 Å². The quantitative estimate of drug-likeness (QED) is 0.840. The van der Waals surface area contributed by atoms with Crippen molar-refractivity contribution in [3.05, 3.63) is 34.6 Å². The Hall–Kier alpha value is -1.26. The van der Waals surface area contributed by atoms with Gasteiger partial charge in [-0.3, -0.25) is 4.98 Å². The van der Waals surface area contributed by atoms with Crippen LogP contribution in [0, 0.1) is 6.92 Å². The summed E-state index contributed by atoms with van der Waals surface area (Å²) in [5.74, 6) is 0. The molecule has 4 heteroatoms. The van der Waals surface area contributed by atoms with Crippen LogP contribution in [0.4, 0.5) is 0 Å². The lowest BCUT2D eigenvalue weighted by molar-refractivity contribution is 0.573. The number of rotatable bonds is 1. The van der Waals surface area contributed by atoms with Crippen molar-refractivity contribution in [2.75, 3.05) is 0 Å². The Bertz CT molecular complexity index is 530. The highest BCUT2D eigenvalue weighted by atomic mass is 32.1. The second-order valence-corrected chi connectivity index (χ2v) is 5.55. The van der Waals surface area contributed by atoms with Crippen LogP contribution in [0.1, 0.15) is 35.1 Å². The first-order chi connectivity index (χ1) is 8.24. The summed E-state index contributed by atoms with van der Waals surface area (Å²) in [6, 6.07) is 4.29. The van der Waals surface area contributed by atoms with Crippen molar-refractivity contribution in [1.82, 2.24) is 9.97 Å². The van der Waals surface area contributed by atoms with Gasteiger partial charge in [0, 0.05) is 28.4 Å². The number of hydrogen-bond donors (Lipinski definition) is 1. The molecule has 1 unspecified atom stereocenters. The maximum absolute atomic E-state index is 6.12. The van der Waals surface area contributed by atoms with E-state index >= 15 is 0 Å². The molecule has 0 aliphatic heterocycles. The van der Waals surface area contributed by atoms with Gasteiger partial charge in [0.05, 0.1) is 5.69 Å².